The van der Waals surface area contributed by atoms with E-state index in [4.69, 9.17) is 0 Å². The maximum atomic E-state index is 11.7. The van der Waals surface area contributed by atoms with Crippen LogP contribution in [0.4, 0.5) is 0 Å². The number of benzene rings is 2. The lowest BCUT2D eigenvalue weighted by Gasteiger charge is -2.10. The van der Waals surface area contributed by atoms with Crippen LogP contribution in [0.2, 0.25) is 0 Å². The molecule has 0 saturated carbocycles. The third-order valence-electron chi connectivity index (χ3n) is 3.95. The molecule has 3 aromatic rings. The summed E-state index contributed by atoms with van der Waals surface area (Å²) in [4.78, 5) is 11.7. The SMILES string of the molecule is CCc1c(C(=O)O)c2cc(O)ccc2n1Cc1cccc(O)c1. The van der Waals surface area contributed by atoms with Gasteiger partial charge in [-0.15, -0.1) is 0 Å². The summed E-state index contributed by atoms with van der Waals surface area (Å²) in [5.41, 5.74) is 2.54. The number of carboxylic acids is 1. The quantitative estimate of drug-likeness (QED) is 0.690. The predicted molar refractivity (Wildman–Crippen MR) is 87.1 cm³/mol. The van der Waals surface area contributed by atoms with Gasteiger partial charge in [-0.2, -0.15) is 0 Å². The molecule has 0 fully saturated rings. The highest BCUT2D eigenvalue weighted by Gasteiger charge is 2.21. The summed E-state index contributed by atoms with van der Waals surface area (Å²) in [6, 6.07) is 11.6. The van der Waals surface area contributed by atoms with Gasteiger partial charge in [-0.3, -0.25) is 0 Å². The largest absolute Gasteiger partial charge is 0.508 e. The Morgan fingerprint density at radius 1 is 1.09 bits per heavy atom. The average Bonchev–Trinajstić information content (AvgIpc) is 2.80. The molecule has 5 heteroatoms. The van der Waals surface area contributed by atoms with Crippen LogP contribution in [0, 0.1) is 0 Å². The zero-order chi connectivity index (χ0) is 16.6. The molecule has 118 valence electrons. The fourth-order valence-corrected chi connectivity index (χ4v) is 3.02. The Morgan fingerprint density at radius 2 is 1.83 bits per heavy atom. The number of phenolic OH excluding ortho intramolecular Hbond substituents is 2. The average molecular weight is 311 g/mol. The first kappa shape index (κ1) is 15.0. The third-order valence-corrected chi connectivity index (χ3v) is 3.95. The van der Waals surface area contributed by atoms with Gasteiger partial charge in [-0.25, -0.2) is 4.79 Å². The third kappa shape index (κ3) is 2.61. The number of aromatic hydroxyl groups is 2. The number of hydrogen-bond donors (Lipinski definition) is 3. The molecular weight excluding hydrogens is 294 g/mol. The van der Waals surface area contributed by atoms with Crippen molar-refractivity contribution in [1.29, 1.82) is 0 Å². The zero-order valence-electron chi connectivity index (χ0n) is 12.7. The number of rotatable bonds is 4. The lowest BCUT2D eigenvalue weighted by atomic mass is 10.1. The lowest BCUT2D eigenvalue weighted by Crippen LogP contribution is -2.07. The van der Waals surface area contributed by atoms with Crippen molar-refractivity contribution in [3.63, 3.8) is 0 Å². The van der Waals surface area contributed by atoms with Crippen molar-refractivity contribution in [2.45, 2.75) is 19.9 Å². The monoisotopic (exact) mass is 311 g/mol. The van der Waals surface area contributed by atoms with Crippen molar-refractivity contribution in [2.24, 2.45) is 0 Å². The number of phenols is 2. The van der Waals surface area contributed by atoms with E-state index in [0.717, 1.165) is 11.1 Å². The lowest BCUT2D eigenvalue weighted by molar-refractivity contribution is 0.0697. The van der Waals surface area contributed by atoms with Crippen LogP contribution in [0.1, 0.15) is 28.5 Å². The van der Waals surface area contributed by atoms with Gasteiger partial charge < -0.3 is 19.9 Å². The fraction of sp³-hybridized carbons (Fsp3) is 0.167. The van der Waals surface area contributed by atoms with E-state index >= 15 is 0 Å². The van der Waals surface area contributed by atoms with E-state index in [0.29, 0.717) is 24.0 Å². The number of aromatic carboxylic acids is 1. The van der Waals surface area contributed by atoms with Gasteiger partial charge in [0.15, 0.2) is 0 Å². The van der Waals surface area contributed by atoms with Crippen molar-refractivity contribution in [3.8, 4) is 11.5 Å². The Hall–Kier alpha value is -2.95. The summed E-state index contributed by atoms with van der Waals surface area (Å²) in [6.45, 7) is 2.35. The maximum absolute atomic E-state index is 11.7. The summed E-state index contributed by atoms with van der Waals surface area (Å²) in [5, 5.41) is 29.4. The Balaban J connectivity index is 2.25. The van der Waals surface area contributed by atoms with Crippen molar-refractivity contribution >= 4 is 16.9 Å². The maximum Gasteiger partial charge on any atom is 0.338 e. The van der Waals surface area contributed by atoms with Crippen LogP contribution in [0.3, 0.4) is 0 Å². The zero-order valence-corrected chi connectivity index (χ0v) is 12.7. The van der Waals surface area contributed by atoms with Crippen LogP contribution in [0.15, 0.2) is 42.5 Å². The summed E-state index contributed by atoms with van der Waals surface area (Å²) in [6.07, 6.45) is 0.551. The summed E-state index contributed by atoms with van der Waals surface area (Å²) < 4.78 is 1.92. The molecule has 0 bridgehead atoms. The smallest absolute Gasteiger partial charge is 0.338 e. The van der Waals surface area contributed by atoms with Gasteiger partial charge in [0.25, 0.3) is 0 Å². The summed E-state index contributed by atoms with van der Waals surface area (Å²) in [5.74, 6) is -0.794. The second-order valence-electron chi connectivity index (χ2n) is 5.44. The normalized spacial score (nSPS) is 11.0. The molecule has 3 rings (SSSR count). The molecule has 1 aromatic heterocycles. The molecule has 0 unspecified atom stereocenters. The fourth-order valence-electron chi connectivity index (χ4n) is 3.02. The first-order chi connectivity index (χ1) is 11.0. The number of carbonyl (C=O) groups is 1. The van der Waals surface area contributed by atoms with Crippen LogP contribution in [0.5, 0.6) is 11.5 Å². The van der Waals surface area contributed by atoms with E-state index < -0.39 is 5.97 Å². The molecule has 0 saturated heterocycles. The van der Waals surface area contributed by atoms with E-state index in [1.54, 1.807) is 30.3 Å². The van der Waals surface area contributed by atoms with Gasteiger partial charge in [0.2, 0.25) is 0 Å². The Labute approximate surface area is 133 Å². The molecule has 3 N–H and O–H groups in total. The molecule has 0 amide bonds. The summed E-state index contributed by atoms with van der Waals surface area (Å²) in [7, 11) is 0. The molecule has 23 heavy (non-hydrogen) atoms. The highest BCUT2D eigenvalue weighted by molar-refractivity contribution is 6.05. The standard InChI is InChI=1S/C18H17NO4/c1-2-15-17(18(22)23)14-9-13(21)6-7-16(14)19(15)10-11-4-3-5-12(20)8-11/h3-9,20-21H,2,10H2,1H3,(H,22,23). The molecular formula is C18H17NO4. The van der Waals surface area contributed by atoms with Crippen molar-refractivity contribution in [2.75, 3.05) is 0 Å². The molecule has 0 atom stereocenters. The van der Waals surface area contributed by atoms with E-state index in [9.17, 15) is 20.1 Å². The van der Waals surface area contributed by atoms with Gasteiger partial charge in [-0.05, 0) is 42.3 Å². The Morgan fingerprint density at radius 3 is 2.48 bits per heavy atom. The highest BCUT2D eigenvalue weighted by atomic mass is 16.4. The molecule has 0 aliphatic carbocycles. The number of aromatic nitrogens is 1. The molecule has 0 aliphatic rings. The first-order valence-electron chi connectivity index (χ1n) is 7.36. The minimum atomic E-state index is -1.01. The van der Waals surface area contributed by atoms with E-state index in [1.165, 1.54) is 6.07 Å². The van der Waals surface area contributed by atoms with E-state index in [1.807, 2.05) is 17.6 Å². The van der Waals surface area contributed by atoms with E-state index in [2.05, 4.69) is 0 Å². The van der Waals surface area contributed by atoms with Gasteiger partial charge >= 0.3 is 5.97 Å². The number of carboxylic acid groups (broad SMARTS) is 1. The van der Waals surface area contributed by atoms with Crippen LogP contribution >= 0.6 is 0 Å². The summed E-state index contributed by atoms with van der Waals surface area (Å²) >= 11 is 0. The van der Waals surface area contributed by atoms with Crippen molar-refractivity contribution in [1.82, 2.24) is 4.57 Å². The van der Waals surface area contributed by atoms with Crippen LogP contribution in [0.25, 0.3) is 10.9 Å². The molecule has 1 heterocycles. The van der Waals surface area contributed by atoms with Gasteiger partial charge in [0.05, 0.1) is 5.56 Å². The number of hydrogen-bond acceptors (Lipinski definition) is 3. The molecule has 5 nitrogen and oxygen atoms in total. The first-order valence-corrected chi connectivity index (χ1v) is 7.36. The Bertz CT molecular complexity index is 895. The molecule has 0 aliphatic heterocycles. The Kier molecular flexibility index (Phi) is 3.70. The van der Waals surface area contributed by atoms with Crippen molar-refractivity contribution in [3.05, 3.63) is 59.3 Å². The molecule has 0 spiro atoms. The van der Waals surface area contributed by atoms with Crippen LogP contribution in [-0.4, -0.2) is 25.9 Å². The second kappa shape index (κ2) is 5.68. The number of fused-ring (bicyclic) bond motifs is 1. The second-order valence-corrected chi connectivity index (χ2v) is 5.44. The molecule has 2 aromatic carbocycles. The van der Waals surface area contributed by atoms with Crippen LogP contribution < -0.4 is 0 Å². The van der Waals surface area contributed by atoms with Gasteiger partial charge in [-0.1, -0.05) is 19.1 Å². The van der Waals surface area contributed by atoms with E-state index in [-0.39, 0.29) is 17.1 Å². The van der Waals surface area contributed by atoms with Gasteiger partial charge in [0, 0.05) is 23.1 Å². The minimum Gasteiger partial charge on any atom is -0.508 e. The highest BCUT2D eigenvalue weighted by Crippen LogP contribution is 2.31. The number of nitrogens with zero attached hydrogens (tertiary/aromatic N) is 1. The van der Waals surface area contributed by atoms with Crippen molar-refractivity contribution < 1.29 is 20.1 Å². The van der Waals surface area contributed by atoms with Crippen LogP contribution in [-0.2, 0) is 13.0 Å². The van der Waals surface area contributed by atoms with Gasteiger partial charge in [0.1, 0.15) is 11.5 Å². The minimum absolute atomic E-state index is 0.0390. The topological polar surface area (TPSA) is 82.7 Å². The molecule has 0 radical (unpaired) electrons. The predicted octanol–water partition coefficient (Wildman–Crippen LogP) is 3.36.